The number of rotatable bonds is 5. The number of aromatic nitrogens is 2. The van der Waals surface area contributed by atoms with Gasteiger partial charge in [-0.25, -0.2) is 9.78 Å². The fourth-order valence-corrected chi connectivity index (χ4v) is 5.45. The Morgan fingerprint density at radius 2 is 1.68 bits per heavy atom. The number of ether oxygens (including phenoxy) is 1. The van der Waals surface area contributed by atoms with Crippen molar-refractivity contribution in [2.75, 3.05) is 0 Å². The molecule has 0 spiro atoms. The largest absolute Gasteiger partial charge is 0.421 e. The maximum atomic E-state index is 13.5. The molecule has 0 bridgehead atoms. The Hall–Kier alpha value is -3.40. The first-order valence-corrected chi connectivity index (χ1v) is 13.8. The van der Waals surface area contributed by atoms with Crippen molar-refractivity contribution in [1.29, 1.82) is 0 Å². The zero-order chi connectivity index (χ0) is 26.8. The molecule has 0 atom stereocenters. The lowest BCUT2D eigenvalue weighted by Crippen LogP contribution is -2.20. The average molecular weight is 696 g/mol. The van der Waals surface area contributed by atoms with Gasteiger partial charge in [-0.15, -0.1) is 0 Å². The summed E-state index contributed by atoms with van der Waals surface area (Å²) < 4.78 is 9.16. The van der Waals surface area contributed by atoms with Gasteiger partial charge in [0.15, 0.2) is 11.6 Å². The van der Waals surface area contributed by atoms with Gasteiger partial charge < -0.3 is 4.74 Å². The SMILES string of the molecule is Cc1cccc(-c2nc3ccccc3c(=O)n2N=Cc2cc(Br)cc(Br)c2OC(=O)c2ccc(Br)cc2)c1. The maximum Gasteiger partial charge on any atom is 0.343 e. The monoisotopic (exact) mass is 693 g/mol. The molecular weight excluding hydrogens is 678 g/mol. The van der Waals surface area contributed by atoms with E-state index in [0.717, 1.165) is 20.1 Å². The van der Waals surface area contributed by atoms with Gasteiger partial charge in [0.2, 0.25) is 0 Å². The number of hydrogen-bond acceptors (Lipinski definition) is 5. The molecule has 5 rings (SSSR count). The summed E-state index contributed by atoms with van der Waals surface area (Å²) >= 11 is 10.3. The highest BCUT2D eigenvalue weighted by Gasteiger charge is 2.17. The van der Waals surface area contributed by atoms with Crippen molar-refractivity contribution < 1.29 is 9.53 Å². The van der Waals surface area contributed by atoms with Gasteiger partial charge in [0.1, 0.15) is 0 Å². The normalized spacial score (nSPS) is 11.3. The van der Waals surface area contributed by atoms with Crippen LogP contribution in [0.2, 0.25) is 0 Å². The van der Waals surface area contributed by atoms with Crippen LogP contribution in [0.3, 0.4) is 0 Å². The lowest BCUT2D eigenvalue weighted by atomic mass is 10.1. The second-order valence-electron chi connectivity index (χ2n) is 8.39. The van der Waals surface area contributed by atoms with Gasteiger partial charge in [0.05, 0.1) is 27.2 Å². The van der Waals surface area contributed by atoms with Gasteiger partial charge in [-0.1, -0.05) is 67.8 Å². The smallest absolute Gasteiger partial charge is 0.343 e. The molecular formula is C29H18Br3N3O3. The zero-order valence-corrected chi connectivity index (χ0v) is 24.6. The molecule has 38 heavy (non-hydrogen) atoms. The van der Waals surface area contributed by atoms with Gasteiger partial charge in [-0.05, 0) is 77.5 Å². The second kappa shape index (κ2) is 11.1. The summed E-state index contributed by atoms with van der Waals surface area (Å²) in [6.45, 7) is 1.97. The molecule has 0 amide bonds. The van der Waals surface area contributed by atoms with Crippen molar-refractivity contribution in [2.45, 2.75) is 6.92 Å². The molecule has 9 heteroatoms. The fraction of sp³-hybridized carbons (Fsp3) is 0.0345. The number of aryl methyl sites for hydroxylation is 1. The van der Waals surface area contributed by atoms with Crippen LogP contribution in [0.4, 0.5) is 0 Å². The quantitative estimate of drug-likeness (QED) is 0.107. The maximum absolute atomic E-state index is 13.5. The number of halogens is 3. The Kier molecular flexibility index (Phi) is 7.69. The molecule has 1 heterocycles. The Morgan fingerprint density at radius 1 is 0.921 bits per heavy atom. The van der Waals surface area contributed by atoms with Crippen LogP contribution in [0.1, 0.15) is 21.5 Å². The summed E-state index contributed by atoms with van der Waals surface area (Å²) in [6, 6.07) is 25.3. The van der Waals surface area contributed by atoms with E-state index >= 15 is 0 Å². The highest BCUT2D eigenvalue weighted by Crippen LogP contribution is 2.33. The van der Waals surface area contributed by atoms with Crippen LogP contribution < -0.4 is 10.3 Å². The molecule has 0 aliphatic rings. The lowest BCUT2D eigenvalue weighted by molar-refractivity contribution is 0.0733. The number of esters is 1. The van der Waals surface area contributed by atoms with E-state index in [9.17, 15) is 9.59 Å². The highest BCUT2D eigenvalue weighted by molar-refractivity contribution is 9.11. The number of para-hydroxylation sites is 1. The van der Waals surface area contributed by atoms with E-state index < -0.39 is 5.97 Å². The summed E-state index contributed by atoms with van der Waals surface area (Å²) in [6.07, 6.45) is 1.48. The first-order valence-electron chi connectivity index (χ1n) is 11.4. The minimum Gasteiger partial charge on any atom is -0.421 e. The van der Waals surface area contributed by atoms with E-state index in [-0.39, 0.29) is 11.3 Å². The number of nitrogens with zero attached hydrogens (tertiary/aromatic N) is 3. The van der Waals surface area contributed by atoms with Gasteiger partial charge >= 0.3 is 5.97 Å². The van der Waals surface area contributed by atoms with Crippen LogP contribution >= 0.6 is 47.8 Å². The van der Waals surface area contributed by atoms with Crippen molar-refractivity contribution in [1.82, 2.24) is 9.66 Å². The molecule has 0 radical (unpaired) electrons. The molecule has 188 valence electrons. The Labute approximate surface area is 243 Å². The summed E-state index contributed by atoms with van der Waals surface area (Å²) in [5.41, 5.74) is 2.91. The number of benzene rings is 4. The standard InChI is InChI=1S/C29H18Br3N3O3/c1-17-5-4-6-19(13-17)27-34-25-8-3-2-7-23(25)28(36)35(27)33-16-20-14-22(31)15-24(32)26(20)38-29(37)18-9-11-21(30)12-10-18/h2-16H,1H3. The topological polar surface area (TPSA) is 73.6 Å². The zero-order valence-electron chi connectivity index (χ0n) is 19.9. The predicted octanol–water partition coefficient (Wildman–Crippen LogP) is 7.76. The summed E-state index contributed by atoms with van der Waals surface area (Å²) in [5.74, 6) is 0.139. The molecule has 0 aliphatic heterocycles. The van der Waals surface area contributed by atoms with Crippen LogP contribution in [-0.2, 0) is 0 Å². The van der Waals surface area contributed by atoms with Gasteiger partial charge in [-0.3, -0.25) is 4.79 Å². The molecule has 0 aliphatic carbocycles. The molecule has 0 saturated heterocycles. The van der Waals surface area contributed by atoms with Gasteiger partial charge in [0.25, 0.3) is 5.56 Å². The third-order valence-corrected chi connectivity index (χ3v) is 7.23. The van der Waals surface area contributed by atoms with E-state index in [2.05, 4.69) is 52.9 Å². The minimum absolute atomic E-state index is 0.267. The van der Waals surface area contributed by atoms with E-state index in [1.54, 1.807) is 54.6 Å². The fourth-order valence-electron chi connectivity index (χ4n) is 3.84. The first kappa shape index (κ1) is 26.2. The first-order chi connectivity index (χ1) is 18.3. The number of carbonyl (C=O) groups excluding carboxylic acids is 1. The molecule has 1 aromatic heterocycles. The van der Waals surface area contributed by atoms with Crippen molar-refractivity contribution in [2.24, 2.45) is 5.10 Å². The summed E-state index contributed by atoms with van der Waals surface area (Å²) in [7, 11) is 0. The van der Waals surface area contributed by atoms with Crippen LogP contribution in [0.15, 0.2) is 108 Å². The van der Waals surface area contributed by atoms with Crippen LogP contribution in [0, 0.1) is 6.92 Å². The lowest BCUT2D eigenvalue weighted by Gasteiger charge is -2.12. The van der Waals surface area contributed by atoms with E-state index in [1.807, 2.05) is 37.3 Å². The molecule has 0 fully saturated rings. The summed E-state index contributed by atoms with van der Waals surface area (Å²) in [5, 5.41) is 4.99. The Bertz CT molecular complexity index is 1780. The van der Waals surface area contributed by atoms with Crippen molar-refractivity contribution in [3.8, 4) is 17.1 Å². The molecule has 6 nitrogen and oxygen atoms in total. The Balaban J connectivity index is 1.62. The van der Waals surface area contributed by atoms with Crippen molar-refractivity contribution in [3.63, 3.8) is 0 Å². The van der Waals surface area contributed by atoms with E-state index in [1.165, 1.54) is 10.9 Å². The third-order valence-electron chi connectivity index (χ3n) is 5.65. The highest BCUT2D eigenvalue weighted by atomic mass is 79.9. The van der Waals surface area contributed by atoms with Gasteiger partial charge in [0, 0.05) is 20.1 Å². The molecule has 5 aromatic rings. The van der Waals surface area contributed by atoms with Crippen LogP contribution in [0.5, 0.6) is 5.75 Å². The van der Waals surface area contributed by atoms with E-state index in [0.29, 0.717) is 32.3 Å². The Morgan fingerprint density at radius 3 is 2.45 bits per heavy atom. The molecule has 0 N–H and O–H groups in total. The van der Waals surface area contributed by atoms with Crippen LogP contribution in [-0.4, -0.2) is 21.8 Å². The number of fused-ring (bicyclic) bond motifs is 1. The van der Waals surface area contributed by atoms with Crippen molar-refractivity contribution in [3.05, 3.63) is 125 Å². The minimum atomic E-state index is -0.528. The number of carbonyl (C=O) groups is 1. The molecule has 4 aromatic carbocycles. The van der Waals surface area contributed by atoms with Crippen molar-refractivity contribution >= 4 is 70.9 Å². The molecule has 0 saturated carbocycles. The predicted molar refractivity (Wildman–Crippen MR) is 160 cm³/mol. The summed E-state index contributed by atoms with van der Waals surface area (Å²) in [4.78, 5) is 31.2. The number of hydrogen-bond donors (Lipinski definition) is 0. The van der Waals surface area contributed by atoms with E-state index in [4.69, 9.17) is 9.72 Å². The third kappa shape index (κ3) is 5.55. The van der Waals surface area contributed by atoms with Gasteiger partial charge in [-0.2, -0.15) is 9.78 Å². The van der Waals surface area contributed by atoms with Crippen LogP contribution in [0.25, 0.3) is 22.3 Å². The average Bonchev–Trinajstić information content (AvgIpc) is 2.90. The molecule has 0 unspecified atom stereocenters. The second-order valence-corrected chi connectivity index (χ2v) is 11.1.